The van der Waals surface area contributed by atoms with Crippen molar-refractivity contribution in [1.29, 1.82) is 0 Å². The van der Waals surface area contributed by atoms with Crippen LogP contribution in [0.4, 0.5) is 0 Å². The number of aliphatic hydroxyl groups is 1. The van der Waals surface area contributed by atoms with Gasteiger partial charge < -0.3 is 5.11 Å². The highest BCUT2D eigenvalue weighted by Gasteiger charge is 1.96. The van der Waals surface area contributed by atoms with Crippen molar-refractivity contribution >= 4 is 0 Å². The highest BCUT2D eigenvalue weighted by molar-refractivity contribution is 5.17. The van der Waals surface area contributed by atoms with Crippen LogP contribution in [0, 0.1) is 0 Å². The van der Waals surface area contributed by atoms with E-state index in [0.29, 0.717) is 0 Å². The van der Waals surface area contributed by atoms with Gasteiger partial charge in [-0.25, -0.2) is 0 Å². The highest BCUT2D eigenvalue weighted by atomic mass is 16.2. The molecule has 0 aliphatic heterocycles. The van der Waals surface area contributed by atoms with Crippen molar-refractivity contribution in [3.8, 4) is 0 Å². The van der Waals surface area contributed by atoms with Gasteiger partial charge in [-0.05, 0) is 37.3 Å². The van der Waals surface area contributed by atoms with Crippen LogP contribution in [-0.4, -0.2) is 11.7 Å². The van der Waals surface area contributed by atoms with E-state index >= 15 is 0 Å². The lowest BCUT2D eigenvalue weighted by molar-refractivity contribution is 0.298. The average molecular weight is 150 g/mol. The van der Waals surface area contributed by atoms with Gasteiger partial charge in [0, 0.05) is 6.61 Å². The summed E-state index contributed by atoms with van der Waals surface area (Å²) in [7, 11) is 0. The Labute approximate surface area is 67.7 Å². The molecule has 0 radical (unpaired) electrons. The minimum atomic E-state index is 0.240. The molecule has 0 spiro atoms. The molecule has 0 heterocycles. The molecule has 0 amide bonds. The van der Waals surface area contributed by atoms with E-state index in [2.05, 4.69) is 24.8 Å². The zero-order chi connectivity index (χ0) is 8.10. The Morgan fingerprint density at radius 3 is 2.91 bits per heavy atom. The van der Waals surface area contributed by atoms with Gasteiger partial charge in [-0.15, -0.1) is 5.73 Å². The van der Waals surface area contributed by atoms with Crippen molar-refractivity contribution in [1.82, 2.24) is 0 Å². The second kappa shape index (κ2) is 4.17. The molecule has 1 heteroatoms. The van der Waals surface area contributed by atoms with E-state index in [1.54, 1.807) is 0 Å². The van der Waals surface area contributed by atoms with Crippen LogP contribution in [-0.2, 0) is 0 Å². The van der Waals surface area contributed by atoms with Gasteiger partial charge in [0.1, 0.15) is 0 Å². The molecule has 11 heavy (non-hydrogen) atoms. The average Bonchev–Trinajstić information content (AvgIpc) is 2.15. The third-order valence-electron chi connectivity index (χ3n) is 1.76. The molecule has 1 aliphatic rings. The molecule has 0 aromatic carbocycles. The maximum absolute atomic E-state index is 8.70. The lowest BCUT2D eigenvalue weighted by atomic mass is 10.1. The van der Waals surface area contributed by atoms with Crippen molar-refractivity contribution in [3.63, 3.8) is 0 Å². The highest BCUT2D eigenvalue weighted by Crippen LogP contribution is 2.13. The quantitative estimate of drug-likeness (QED) is 0.472. The van der Waals surface area contributed by atoms with Crippen LogP contribution >= 0.6 is 0 Å². The van der Waals surface area contributed by atoms with Crippen LogP contribution in [0.3, 0.4) is 0 Å². The molecule has 1 N–H and O–H groups in total. The fourth-order valence-corrected chi connectivity index (χ4v) is 1.19. The summed E-state index contributed by atoms with van der Waals surface area (Å²) in [5, 5.41) is 8.70. The number of rotatable bonds is 2. The number of allylic oxidation sites excluding steroid dienone is 2. The maximum atomic E-state index is 8.70. The lowest BCUT2D eigenvalue weighted by Crippen LogP contribution is -1.85. The molecular weight excluding hydrogens is 136 g/mol. The van der Waals surface area contributed by atoms with Gasteiger partial charge in [0.2, 0.25) is 0 Å². The van der Waals surface area contributed by atoms with Gasteiger partial charge >= 0.3 is 0 Å². The first-order chi connectivity index (χ1) is 5.33. The molecule has 0 bridgehead atoms. The monoisotopic (exact) mass is 150 g/mol. The van der Waals surface area contributed by atoms with Gasteiger partial charge in [0.25, 0.3) is 0 Å². The van der Waals surface area contributed by atoms with Crippen LogP contribution in [0.5, 0.6) is 0 Å². The zero-order valence-corrected chi connectivity index (χ0v) is 6.93. The Balaban J connectivity index is 2.73. The van der Waals surface area contributed by atoms with Gasteiger partial charge in [0.15, 0.2) is 0 Å². The van der Waals surface area contributed by atoms with Crippen molar-refractivity contribution < 1.29 is 5.11 Å². The Morgan fingerprint density at radius 1 is 1.45 bits per heavy atom. The number of hydrogen-bond donors (Lipinski definition) is 1. The Kier molecular flexibility index (Phi) is 3.15. The van der Waals surface area contributed by atoms with E-state index in [-0.39, 0.29) is 6.61 Å². The molecule has 0 aromatic heterocycles. The Morgan fingerprint density at radius 2 is 2.18 bits per heavy atom. The molecular formula is C10H14O. The summed E-state index contributed by atoms with van der Waals surface area (Å²) in [4.78, 5) is 0. The third kappa shape index (κ3) is 2.75. The van der Waals surface area contributed by atoms with Gasteiger partial charge in [-0.2, -0.15) is 0 Å². The molecule has 0 fully saturated rings. The normalized spacial score (nSPS) is 17.3. The number of hydrogen-bond acceptors (Lipinski definition) is 1. The summed E-state index contributed by atoms with van der Waals surface area (Å²) in [5.41, 5.74) is 5.78. The van der Waals surface area contributed by atoms with E-state index in [9.17, 15) is 0 Å². The van der Waals surface area contributed by atoms with E-state index in [4.69, 9.17) is 5.11 Å². The largest absolute Gasteiger partial charge is 0.396 e. The van der Waals surface area contributed by atoms with Crippen molar-refractivity contribution in [3.05, 3.63) is 29.0 Å². The summed E-state index contributed by atoms with van der Waals surface area (Å²) in [5.74, 6) is 0. The number of aliphatic hydroxyl groups excluding tert-OH is 1. The summed E-state index contributed by atoms with van der Waals surface area (Å²) in [6.45, 7) is 2.32. The van der Waals surface area contributed by atoms with E-state index in [1.807, 2.05) is 0 Å². The standard InChI is InChI=1S/C10H14O/c1-9-4-2-3-5-10(8-9)6-7-11/h2-3,11H,4-7H2,1H3. The van der Waals surface area contributed by atoms with Crippen LogP contribution in [0.15, 0.2) is 29.0 Å². The second-order valence-corrected chi connectivity index (χ2v) is 2.86. The molecule has 0 saturated heterocycles. The SMILES string of the molecule is CC1=C=C(CCO)CC=CC1. The fourth-order valence-electron chi connectivity index (χ4n) is 1.19. The molecule has 0 aromatic rings. The van der Waals surface area contributed by atoms with E-state index < -0.39 is 0 Å². The van der Waals surface area contributed by atoms with Crippen LogP contribution in [0.2, 0.25) is 0 Å². The first-order valence-corrected chi connectivity index (χ1v) is 4.03. The van der Waals surface area contributed by atoms with Crippen LogP contribution < -0.4 is 0 Å². The summed E-state index contributed by atoms with van der Waals surface area (Å²) < 4.78 is 0. The minimum absolute atomic E-state index is 0.240. The summed E-state index contributed by atoms with van der Waals surface area (Å²) in [6, 6.07) is 0. The fraction of sp³-hybridized carbons (Fsp3) is 0.500. The molecule has 0 atom stereocenters. The van der Waals surface area contributed by atoms with Gasteiger partial charge in [-0.1, -0.05) is 12.2 Å². The van der Waals surface area contributed by atoms with E-state index in [1.165, 1.54) is 11.1 Å². The molecule has 0 unspecified atom stereocenters. The zero-order valence-electron chi connectivity index (χ0n) is 6.93. The molecule has 0 saturated carbocycles. The molecule has 1 aliphatic carbocycles. The smallest absolute Gasteiger partial charge is 0.0474 e. The molecule has 1 nitrogen and oxygen atoms in total. The van der Waals surface area contributed by atoms with Crippen LogP contribution in [0.25, 0.3) is 0 Å². The van der Waals surface area contributed by atoms with Crippen LogP contribution in [0.1, 0.15) is 26.2 Å². The summed E-state index contributed by atoms with van der Waals surface area (Å²) in [6.07, 6.45) is 7.04. The van der Waals surface area contributed by atoms with Crippen molar-refractivity contribution in [2.75, 3.05) is 6.61 Å². The summed E-state index contributed by atoms with van der Waals surface area (Å²) >= 11 is 0. The first kappa shape index (κ1) is 8.32. The van der Waals surface area contributed by atoms with Gasteiger partial charge in [-0.3, -0.25) is 0 Å². The first-order valence-electron chi connectivity index (χ1n) is 4.03. The van der Waals surface area contributed by atoms with Gasteiger partial charge in [0.05, 0.1) is 0 Å². The minimum Gasteiger partial charge on any atom is -0.396 e. The van der Waals surface area contributed by atoms with E-state index in [0.717, 1.165) is 19.3 Å². The predicted molar refractivity (Wildman–Crippen MR) is 46.3 cm³/mol. The predicted octanol–water partition coefficient (Wildman–Crippen LogP) is 2.19. The third-order valence-corrected chi connectivity index (χ3v) is 1.76. The lowest BCUT2D eigenvalue weighted by Gasteiger charge is -1.95. The Hall–Kier alpha value is -0.780. The maximum Gasteiger partial charge on any atom is 0.0474 e. The van der Waals surface area contributed by atoms with Crippen molar-refractivity contribution in [2.24, 2.45) is 0 Å². The molecule has 60 valence electrons. The topological polar surface area (TPSA) is 20.2 Å². The van der Waals surface area contributed by atoms with Crippen molar-refractivity contribution in [2.45, 2.75) is 26.2 Å². The Bertz CT molecular complexity index is 217. The molecule has 1 rings (SSSR count). The second-order valence-electron chi connectivity index (χ2n) is 2.86.